The molecule has 0 bridgehead atoms. The Kier molecular flexibility index (Phi) is 5.68. The fraction of sp³-hybridized carbons (Fsp3) is 0.316. The van der Waals surface area contributed by atoms with E-state index in [0.717, 1.165) is 0 Å². The van der Waals surface area contributed by atoms with Crippen LogP contribution in [-0.2, 0) is 6.54 Å². The minimum atomic E-state index is -2.92. The molecule has 2 N–H and O–H groups in total. The van der Waals surface area contributed by atoms with Crippen molar-refractivity contribution in [3.05, 3.63) is 53.6 Å². The summed E-state index contributed by atoms with van der Waals surface area (Å²) in [6, 6.07) is 8.30. The zero-order valence-electron chi connectivity index (χ0n) is 15.2. The Balaban J connectivity index is 0.00000240. The summed E-state index contributed by atoms with van der Waals surface area (Å²) in [6.45, 7) is 0.332. The number of pyridine rings is 1. The van der Waals surface area contributed by atoms with E-state index in [2.05, 4.69) is 9.97 Å². The number of nitrogens with zero attached hydrogens (tertiary/aromatic N) is 5. The highest BCUT2D eigenvalue weighted by molar-refractivity contribution is 5.85. The first-order chi connectivity index (χ1) is 13.4. The SMILES string of the molecule is Cl.N#Cc1ccc(Cn2c(N3CCC(F)(F)C(N)C3)nc3cc(F)ccc32)nc1. The number of halogens is 4. The summed E-state index contributed by atoms with van der Waals surface area (Å²) in [6.07, 6.45) is 1.09. The Hall–Kier alpha value is -2.83. The molecular formula is C19H18ClF3N6. The normalized spacial score (nSPS) is 18.3. The van der Waals surface area contributed by atoms with Gasteiger partial charge in [0.15, 0.2) is 0 Å². The summed E-state index contributed by atoms with van der Waals surface area (Å²) in [4.78, 5) is 10.4. The number of rotatable bonds is 3. The van der Waals surface area contributed by atoms with Crippen molar-refractivity contribution in [3.8, 4) is 6.07 Å². The topological polar surface area (TPSA) is 83.8 Å². The molecule has 0 saturated carbocycles. The lowest BCUT2D eigenvalue weighted by Crippen LogP contribution is -2.55. The van der Waals surface area contributed by atoms with Crippen LogP contribution in [0.4, 0.5) is 19.1 Å². The van der Waals surface area contributed by atoms with E-state index in [9.17, 15) is 13.2 Å². The van der Waals surface area contributed by atoms with Crippen molar-refractivity contribution in [1.82, 2.24) is 14.5 Å². The van der Waals surface area contributed by atoms with Gasteiger partial charge in [-0.15, -0.1) is 12.4 Å². The number of nitrogens with two attached hydrogens (primary N) is 1. The minimum absolute atomic E-state index is 0. The second-order valence-electron chi connectivity index (χ2n) is 6.84. The smallest absolute Gasteiger partial charge is 0.266 e. The van der Waals surface area contributed by atoms with Gasteiger partial charge in [-0.1, -0.05) is 0 Å². The maximum Gasteiger partial charge on any atom is 0.266 e. The number of benzene rings is 1. The van der Waals surface area contributed by atoms with Crippen LogP contribution in [0.2, 0.25) is 0 Å². The third-order valence-electron chi connectivity index (χ3n) is 4.92. The van der Waals surface area contributed by atoms with E-state index in [1.54, 1.807) is 27.7 Å². The molecule has 1 fully saturated rings. The summed E-state index contributed by atoms with van der Waals surface area (Å²) in [5, 5.41) is 8.91. The number of fused-ring (bicyclic) bond motifs is 1. The fourth-order valence-corrected chi connectivity index (χ4v) is 3.35. The molecule has 0 radical (unpaired) electrons. The molecule has 152 valence electrons. The number of piperidine rings is 1. The maximum atomic E-state index is 13.8. The zero-order chi connectivity index (χ0) is 19.9. The van der Waals surface area contributed by atoms with Crippen molar-refractivity contribution in [2.45, 2.75) is 24.9 Å². The van der Waals surface area contributed by atoms with Gasteiger partial charge in [-0.2, -0.15) is 5.26 Å². The minimum Gasteiger partial charge on any atom is -0.340 e. The number of hydrogen-bond donors (Lipinski definition) is 1. The molecule has 29 heavy (non-hydrogen) atoms. The Morgan fingerprint density at radius 1 is 1.28 bits per heavy atom. The Morgan fingerprint density at radius 2 is 2.07 bits per heavy atom. The molecule has 1 atom stereocenters. The summed E-state index contributed by atoms with van der Waals surface area (Å²) < 4.78 is 43.1. The molecule has 1 aromatic carbocycles. The molecule has 10 heteroatoms. The fourth-order valence-electron chi connectivity index (χ4n) is 3.35. The molecule has 3 aromatic rings. The second kappa shape index (κ2) is 7.89. The Bertz CT molecular complexity index is 1060. The second-order valence-corrected chi connectivity index (χ2v) is 6.84. The van der Waals surface area contributed by atoms with Gasteiger partial charge in [-0.3, -0.25) is 4.98 Å². The van der Waals surface area contributed by atoms with E-state index in [1.807, 2.05) is 6.07 Å². The van der Waals surface area contributed by atoms with Gasteiger partial charge in [-0.05, 0) is 24.3 Å². The summed E-state index contributed by atoms with van der Waals surface area (Å²) in [5.41, 5.74) is 7.85. The van der Waals surface area contributed by atoms with Crippen molar-refractivity contribution < 1.29 is 13.2 Å². The van der Waals surface area contributed by atoms with Crippen LogP contribution in [0.5, 0.6) is 0 Å². The number of imidazole rings is 1. The van der Waals surface area contributed by atoms with Crippen LogP contribution < -0.4 is 10.6 Å². The van der Waals surface area contributed by atoms with Crippen molar-refractivity contribution in [2.75, 3.05) is 18.0 Å². The van der Waals surface area contributed by atoms with Crippen molar-refractivity contribution in [3.63, 3.8) is 0 Å². The van der Waals surface area contributed by atoms with Gasteiger partial charge in [0.25, 0.3) is 5.92 Å². The zero-order valence-corrected chi connectivity index (χ0v) is 16.0. The van der Waals surface area contributed by atoms with Gasteiger partial charge in [0.05, 0.1) is 34.9 Å². The van der Waals surface area contributed by atoms with E-state index in [1.165, 1.54) is 18.3 Å². The monoisotopic (exact) mass is 422 g/mol. The van der Waals surface area contributed by atoms with Crippen molar-refractivity contribution in [2.24, 2.45) is 5.73 Å². The van der Waals surface area contributed by atoms with Crippen molar-refractivity contribution in [1.29, 1.82) is 5.26 Å². The lowest BCUT2D eigenvalue weighted by atomic mass is 10.0. The number of aromatic nitrogens is 3. The standard InChI is InChI=1S/C19H17F3N6.ClH/c20-13-2-4-16-15(7-13)26-18(27-6-5-19(21,22)17(24)11-27)28(16)10-14-3-1-12(8-23)9-25-14;/h1-4,7,9,17H,5-6,10-11,24H2;1H. The number of hydrogen-bond acceptors (Lipinski definition) is 5. The highest BCUT2D eigenvalue weighted by Gasteiger charge is 2.42. The predicted octanol–water partition coefficient (Wildman–Crippen LogP) is 3.08. The molecule has 4 rings (SSSR count). The van der Waals surface area contributed by atoms with Crippen LogP contribution in [-0.4, -0.2) is 39.6 Å². The van der Waals surface area contributed by atoms with Crippen molar-refractivity contribution >= 4 is 29.4 Å². The van der Waals surface area contributed by atoms with Gasteiger partial charge in [0, 0.05) is 31.8 Å². The molecular weight excluding hydrogens is 405 g/mol. The predicted molar refractivity (Wildman–Crippen MR) is 105 cm³/mol. The number of anilines is 1. The molecule has 1 aliphatic rings. The molecule has 3 heterocycles. The average molecular weight is 423 g/mol. The summed E-state index contributed by atoms with van der Waals surface area (Å²) in [7, 11) is 0. The van der Waals surface area contributed by atoms with Crippen LogP contribution in [0.25, 0.3) is 11.0 Å². The molecule has 0 spiro atoms. The number of nitriles is 1. The summed E-state index contributed by atoms with van der Waals surface area (Å²) >= 11 is 0. The summed E-state index contributed by atoms with van der Waals surface area (Å²) in [5.74, 6) is -2.91. The molecule has 0 aliphatic carbocycles. The lowest BCUT2D eigenvalue weighted by Gasteiger charge is -2.37. The maximum absolute atomic E-state index is 13.8. The van der Waals surface area contributed by atoms with E-state index in [4.69, 9.17) is 11.0 Å². The molecule has 1 unspecified atom stereocenters. The highest BCUT2D eigenvalue weighted by Crippen LogP contribution is 2.31. The van der Waals surface area contributed by atoms with Crippen LogP contribution in [0, 0.1) is 17.1 Å². The Morgan fingerprint density at radius 3 is 2.72 bits per heavy atom. The van der Waals surface area contributed by atoms with Crippen LogP contribution in [0.1, 0.15) is 17.7 Å². The van der Waals surface area contributed by atoms with E-state index in [-0.39, 0.29) is 31.9 Å². The van der Waals surface area contributed by atoms with E-state index >= 15 is 0 Å². The van der Waals surface area contributed by atoms with Gasteiger partial charge in [0.1, 0.15) is 11.9 Å². The van der Waals surface area contributed by atoms with Gasteiger partial charge in [0.2, 0.25) is 5.95 Å². The van der Waals surface area contributed by atoms with Gasteiger partial charge < -0.3 is 15.2 Å². The molecule has 0 amide bonds. The average Bonchev–Trinajstić information content (AvgIpc) is 3.02. The van der Waals surface area contributed by atoms with Crippen LogP contribution >= 0.6 is 12.4 Å². The molecule has 6 nitrogen and oxygen atoms in total. The Labute approximate surface area is 171 Å². The van der Waals surface area contributed by atoms with Gasteiger partial charge in [-0.25, -0.2) is 18.2 Å². The third kappa shape index (κ3) is 3.99. The molecule has 1 aliphatic heterocycles. The number of alkyl halides is 2. The molecule has 2 aromatic heterocycles. The largest absolute Gasteiger partial charge is 0.340 e. The van der Waals surface area contributed by atoms with E-state index < -0.39 is 17.8 Å². The van der Waals surface area contributed by atoms with Crippen LogP contribution in [0.3, 0.4) is 0 Å². The third-order valence-corrected chi connectivity index (χ3v) is 4.92. The van der Waals surface area contributed by atoms with Gasteiger partial charge >= 0.3 is 0 Å². The van der Waals surface area contributed by atoms with Crippen LogP contribution in [0.15, 0.2) is 36.5 Å². The first-order valence-corrected chi connectivity index (χ1v) is 8.76. The lowest BCUT2D eigenvalue weighted by molar-refractivity contribution is -0.0395. The highest BCUT2D eigenvalue weighted by atomic mass is 35.5. The molecule has 1 saturated heterocycles. The van der Waals surface area contributed by atoms with E-state index in [0.29, 0.717) is 34.8 Å². The quantitative estimate of drug-likeness (QED) is 0.701. The first-order valence-electron chi connectivity index (χ1n) is 8.76. The first kappa shape index (κ1) is 20.9.